The van der Waals surface area contributed by atoms with Gasteiger partial charge in [0.1, 0.15) is 0 Å². The van der Waals surface area contributed by atoms with Crippen molar-refractivity contribution in [2.45, 2.75) is 105 Å². The molecule has 5 heterocycles. The van der Waals surface area contributed by atoms with Gasteiger partial charge in [0.15, 0.2) is 17.5 Å². The lowest BCUT2D eigenvalue weighted by atomic mass is 9.33. The van der Waals surface area contributed by atoms with Crippen LogP contribution >= 0.6 is 0 Å². The highest BCUT2D eigenvalue weighted by atomic mass is 15.2. The fourth-order valence-electron chi connectivity index (χ4n) is 16.9. The predicted molar refractivity (Wildman–Crippen MR) is 495 cm³/mol. The van der Waals surface area contributed by atoms with Crippen molar-refractivity contribution in [3.05, 3.63) is 361 Å². The monoisotopic (exact) mass is 1530 g/mol. The largest absolute Gasteiger partial charge is 0.310 e. The Labute approximate surface area is 719 Å². The number of aromatic nitrogens is 5. The van der Waals surface area contributed by atoms with E-state index >= 15 is 0 Å². The van der Waals surface area contributed by atoms with Crippen molar-refractivity contribution in [3.63, 3.8) is 0 Å². The smallest absolute Gasteiger partial charge is 0.252 e. The molecule has 0 spiro atoms. The van der Waals surface area contributed by atoms with Crippen molar-refractivity contribution in [1.82, 2.24) is 24.1 Å². The minimum absolute atomic E-state index is 0.120. The van der Waals surface area contributed by atoms with Crippen molar-refractivity contribution >= 4 is 101 Å². The van der Waals surface area contributed by atoms with Crippen LogP contribution in [0.3, 0.4) is 0 Å². The molecule has 3 aromatic heterocycles. The number of para-hydroxylation sites is 2. The summed E-state index contributed by atoms with van der Waals surface area (Å²) in [5.41, 5.74) is 10.9. The molecule has 566 valence electrons. The lowest BCUT2D eigenvalue weighted by Gasteiger charge is -2.46. The number of hydrogen-bond donors (Lipinski definition) is 0. The number of hydrogen-bond acceptors (Lipinski definition) is 5. The van der Waals surface area contributed by atoms with Crippen LogP contribution in [-0.4, -0.2) is 30.8 Å². The molecule has 18 aromatic rings. The third-order valence-electron chi connectivity index (χ3n) is 22.9. The first kappa shape index (κ1) is 51.4. The Kier molecular flexibility index (Phi) is 12.2. The summed E-state index contributed by atoms with van der Waals surface area (Å²) >= 11 is 0. The van der Waals surface area contributed by atoms with E-state index in [1.54, 1.807) is 18.2 Å². The molecule has 0 atom stereocenters. The Morgan fingerprint density at radius 2 is 0.632 bits per heavy atom. The van der Waals surface area contributed by atoms with Crippen LogP contribution in [0.2, 0.25) is 0 Å². The summed E-state index contributed by atoms with van der Waals surface area (Å²) in [5.74, 6) is -1.40. The SMILES string of the molecule is [2H]c1c([2H])c([2H])c(-c2ccc3c(c2)N(c2c(-c4ccccc4)cc(C(C)(C)C)cc2-c2nc(-c4c([2H])c([2H])c([2H])c([2H])c4[2H])nc(-c4c([2H])c([2H])c([2H])c([2H])c4[2H])n2)c2cc(-n4c5ccc(C(C)(C)C)cc5c5cc(C(C)(C)C)ccc54)cc4c2B3c2ccc(-n3c5c([2H])c([2H])c([2H])c([2H])c5c5c([2H])c([2H])c([2H])c([2H])c53)cc2N4c2c(-c3ccccc3)cc(C(C)(C)C)cc2-c2ccccc2)c([2H])c1[2H]. The molecule has 0 radical (unpaired) electrons. The molecule has 20 rings (SSSR count). The van der Waals surface area contributed by atoms with E-state index in [2.05, 4.69) is 157 Å². The summed E-state index contributed by atoms with van der Waals surface area (Å²) in [5, 5.41) is 1.52. The lowest BCUT2D eigenvalue weighted by molar-refractivity contribution is 0.590. The Hall–Kier alpha value is -13.4. The number of rotatable bonds is 11. The Morgan fingerprint density at radius 3 is 1.08 bits per heavy atom. The Bertz CT molecular complexity index is 8080. The van der Waals surface area contributed by atoms with Gasteiger partial charge in [-0.1, -0.05) is 331 Å². The molecule has 0 saturated heterocycles. The van der Waals surface area contributed by atoms with Crippen LogP contribution in [0, 0.1) is 0 Å². The maximum atomic E-state index is 10.0. The molecule has 8 heteroatoms. The van der Waals surface area contributed by atoms with E-state index in [0.29, 0.717) is 67.2 Å². The summed E-state index contributed by atoms with van der Waals surface area (Å²) in [4.78, 5) is 19.8. The second-order valence-electron chi connectivity index (χ2n) is 34.3. The maximum absolute atomic E-state index is 10.0. The molecule has 2 aliphatic rings. The second-order valence-corrected chi connectivity index (χ2v) is 34.3. The summed E-state index contributed by atoms with van der Waals surface area (Å²) in [7, 11) is 0. The average molecular weight is 1530 g/mol. The summed E-state index contributed by atoms with van der Waals surface area (Å²) in [6.07, 6.45) is 0. The fraction of sp³-hybridized carbons (Fsp3) is 0.147. The number of benzene rings is 15. The molecule has 0 fully saturated rings. The van der Waals surface area contributed by atoms with Gasteiger partial charge in [0.05, 0.1) is 70.7 Å². The van der Waals surface area contributed by atoms with Crippen molar-refractivity contribution in [2.24, 2.45) is 0 Å². The van der Waals surface area contributed by atoms with Crippen LogP contribution in [0.4, 0.5) is 34.1 Å². The zero-order valence-electron chi connectivity index (χ0n) is 89.8. The van der Waals surface area contributed by atoms with Gasteiger partial charge in [-0.3, -0.25) is 0 Å². The molecule has 15 aromatic carbocycles. The zero-order chi connectivity index (χ0) is 100.0. The number of nitrogens with zero attached hydrogens (tertiary/aromatic N) is 7. The quantitative estimate of drug-likeness (QED) is 0.121. The Morgan fingerprint density at radius 1 is 0.265 bits per heavy atom. The van der Waals surface area contributed by atoms with Gasteiger partial charge in [-0.25, -0.2) is 15.0 Å². The molecule has 0 amide bonds. The summed E-state index contributed by atoms with van der Waals surface area (Å²) in [6, 6.07) is 51.1. The van der Waals surface area contributed by atoms with Crippen LogP contribution < -0.4 is 26.2 Å². The van der Waals surface area contributed by atoms with Gasteiger partial charge in [-0.2, -0.15) is 0 Å². The first-order valence-electron chi connectivity index (χ1n) is 50.8. The highest BCUT2D eigenvalue weighted by Crippen LogP contribution is 2.56. The van der Waals surface area contributed by atoms with Gasteiger partial charge in [-0.05, 0) is 179 Å². The molecule has 0 N–H and O–H groups in total. The number of fused-ring (bicyclic) bond motifs is 10. The van der Waals surface area contributed by atoms with Gasteiger partial charge in [-0.15, -0.1) is 0 Å². The fourth-order valence-corrected chi connectivity index (χ4v) is 16.9. The van der Waals surface area contributed by atoms with Crippen molar-refractivity contribution in [3.8, 4) is 90.0 Å². The molecular weight excluding hydrogens is 1420 g/mol. The van der Waals surface area contributed by atoms with Gasteiger partial charge in [0.2, 0.25) is 0 Å². The molecule has 7 nitrogen and oxygen atoms in total. The van der Waals surface area contributed by atoms with E-state index in [4.69, 9.17) is 19.1 Å². The third kappa shape index (κ3) is 12.5. The van der Waals surface area contributed by atoms with Gasteiger partial charge in [0.25, 0.3) is 6.71 Å². The normalized spacial score (nSPS) is 15.7. The maximum Gasteiger partial charge on any atom is 0.252 e. The summed E-state index contributed by atoms with van der Waals surface area (Å²) < 4.78 is 222. The minimum Gasteiger partial charge on any atom is -0.310 e. The van der Waals surface area contributed by atoms with E-state index in [9.17, 15) is 27.4 Å². The first-order valence-corrected chi connectivity index (χ1v) is 39.3. The van der Waals surface area contributed by atoms with Gasteiger partial charge < -0.3 is 18.9 Å². The van der Waals surface area contributed by atoms with E-state index in [-0.39, 0.29) is 66.5 Å². The molecule has 0 saturated carbocycles. The van der Waals surface area contributed by atoms with Crippen LogP contribution in [0.15, 0.2) is 339 Å². The van der Waals surface area contributed by atoms with Crippen molar-refractivity contribution in [1.29, 1.82) is 0 Å². The van der Waals surface area contributed by atoms with E-state index in [1.807, 2.05) is 123 Å². The topological polar surface area (TPSA) is 55.0 Å². The number of anilines is 6. The first-order chi connectivity index (χ1) is 66.1. The molecule has 0 aliphatic carbocycles. The van der Waals surface area contributed by atoms with Crippen LogP contribution in [-0.2, 0) is 21.7 Å². The van der Waals surface area contributed by atoms with Crippen LogP contribution in [0.25, 0.3) is 134 Å². The highest BCUT2D eigenvalue weighted by molar-refractivity contribution is 7.00. The van der Waals surface area contributed by atoms with Crippen LogP contribution in [0.5, 0.6) is 0 Å². The minimum atomic E-state index is -1.03. The average Bonchev–Trinajstić information content (AvgIpc) is 0.882. The van der Waals surface area contributed by atoms with E-state index in [0.717, 1.165) is 60.8 Å². The van der Waals surface area contributed by atoms with Crippen molar-refractivity contribution < 1.29 is 31.5 Å². The molecule has 117 heavy (non-hydrogen) atoms. The summed E-state index contributed by atoms with van der Waals surface area (Å²) in [6.45, 7) is 24.5. The standard InChI is InChI=1S/C109H92BN7/c1-106(2,3)76-52-57-94-87(60-76)88-61-77(107(4,5)6)53-58-95(88)115(94)81-67-98-100-99(68-81)117(101-84(70-37-21-14-22-38-70)62-78(108(7,8)9)63-85(101)71-39-23-15-24-40-71)97-66-80(114-92-49-33-31-47-82(92)83-48-32-34-50-93(83)114)54-56-91(97)110(100)90-55-51-75(69-35-19-13-20-36-69)59-96(90)116(98)102-86(72-41-25-16-26-42-72)64-79(109(10,11)12)65-89(102)105-112-103(73-43-27-17-28-44-73)111-104(113-105)74-45-29-18-30-46-74/h13-68H,1-12H3/i13D,17D,18D,19D,20D,27D,28D,29D,30D,31D,32D,33D,34D,35D,36D,43D,44D,45D,46D,47D,48D,49D,50D. The second kappa shape index (κ2) is 27.7. The predicted octanol–water partition coefficient (Wildman–Crippen LogP) is 27.0. The zero-order valence-corrected chi connectivity index (χ0v) is 66.8. The van der Waals surface area contributed by atoms with Crippen LogP contribution in [0.1, 0.15) is 137 Å². The van der Waals surface area contributed by atoms with Gasteiger partial charge >= 0.3 is 0 Å². The highest BCUT2D eigenvalue weighted by Gasteiger charge is 2.47. The lowest BCUT2D eigenvalue weighted by Crippen LogP contribution is -2.61. The van der Waals surface area contributed by atoms with Crippen molar-refractivity contribution in [2.75, 3.05) is 9.80 Å². The molecule has 0 bridgehead atoms. The molecule has 2 aliphatic heterocycles. The molecule has 0 unspecified atom stereocenters. The van der Waals surface area contributed by atoms with E-state index < -0.39 is 179 Å². The Balaban J connectivity index is 1.06. The van der Waals surface area contributed by atoms with Gasteiger partial charge in [0, 0.05) is 83.4 Å². The third-order valence-corrected chi connectivity index (χ3v) is 22.9. The van der Waals surface area contributed by atoms with E-state index in [1.165, 1.54) is 4.57 Å². The molecular formula is C109H92BN7.